The molecule has 0 bridgehead atoms. The van der Waals surface area contributed by atoms with E-state index in [-0.39, 0.29) is 11.9 Å². The van der Waals surface area contributed by atoms with Crippen LogP contribution in [0.2, 0.25) is 5.02 Å². The van der Waals surface area contributed by atoms with Crippen molar-refractivity contribution in [2.45, 2.75) is 32.5 Å². The summed E-state index contributed by atoms with van der Waals surface area (Å²) in [6.45, 7) is 4.99. The van der Waals surface area contributed by atoms with Crippen LogP contribution in [0, 0.1) is 0 Å². The van der Waals surface area contributed by atoms with Gasteiger partial charge in [0.2, 0.25) is 5.91 Å². The van der Waals surface area contributed by atoms with Gasteiger partial charge in [-0.2, -0.15) is 0 Å². The Morgan fingerprint density at radius 1 is 1.12 bits per heavy atom. The largest absolute Gasteiger partial charge is 0.383 e. The molecule has 1 atom stereocenters. The molecule has 1 aliphatic heterocycles. The van der Waals surface area contributed by atoms with E-state index < -0.39 is 0 Å². The summed E-state index contributed by atoms with van der Waals surface area (Å²) >= 11 is 7.89. The molecular formula is C24H24ClN5OS. The number of hydrogen-bond donors (Lipinski definition) is 1. The third-order valence-electron chi connectivity index (χ3n) is 6.08. The van der Waals surface area contributed by atoms with Gasteiger partial charge < -0.3 is 10.6 Å². The van der Waals surface area contributed by atoms with Crippen LogP contribution in [0.5, 0.6) is 0 Å². The molecule has 1 amide bonds. The van der Waals surface area contributed by atoms with Gasteiger partial charge in [0.25, 0.3) is 0 Å². The molecule has 0 aliphatic carbocycles. The molecular weight excluding hydrogens is 442 g/mol. The Morgan fingerprint density at radius 3 is 2.84 bits per heavy atom. The Balaban J connectivity index is 1.31. The third-order valence-corrected chi connectivity index (χ3v) is 7.40. The number of nitrogen functional groups attached to an aromatic ring is 1. The van der Waals surface area contributed by atoms with E-state index in [1.54, 1.807) is 11.3 Å². The van der Waals surface area contributed by atoms with Gasteiger partial charge in [-0.15, -0.1) is 11.3 Å². The van der Waals surface area contributed by atoms with Gasteiger partial charge in [0.1, 0.15) is 12.1 Å². The van der Waals surface area contributed by atoms with E-state index in [1.807, 2.05) is 35.2 Å². The lowest BCUT2D eigenvalue weighted by atomic mass is 10.1. The van der Waals surface area contributed by atoms with Crippen LogP contribution in [-0.2, 0) is 17.9 Å². The fourth-order valence-electron chi connectivity index (χ4n) is 4.44. The van der Waals surface area contributed by atoms with E-state index in [0.717, 1.165) is 41.0 Å². The number of aromatic nitrogens is 2. The minimum atomic E-state index is -0.115. The summed E-state index contributed by atoms with van der Waals surface area (Å²) in [4.78, 5) is 27.2. The number of amides is 1. The van der Waals surface area contributed by atoms with Gasteiger partial charge in [-0.25, -0.2) is 9.97 Å². The number of carbonyl (C=O) groups excluding carboxylic acids is 1. The number of nitrogens with two attached hydrogens (primary N) is 1. The monoisotopic (exact) mass is 465 g/mol. The second-order valence-corrected chi connectivity index (χ2v) is 9.76. The molecule has 164 valence electrons. The highest BCUT2D eigenvalue weighted by molar-refractivity contribution is 7.19. The summed E-state index contributed by atoms with van der Waals surface area (Å²) in [6.07, 6.45) is 2.26. The Bertz CT molecular complexity index is 1310. The molecule has 3 heterocycles. The number of thiophene rings is 1. The first-order valence-corrected chi connectivity index (χ1v) is 11.9. The van der Waals surface area contributed by atoms with Crippen molar-refractivity contribution in [2.24, 2.45) is 0 Å². The second kappa shape index (κ2) is 8.65. The average molecular weight is 466 g/mol. The molecule has 0 spiro atoms. The van der Waals surface area contributed by atoms with Crippen LogP contribution in [0.15, 0.2) is 48.8 Å². The molecule has 0 saturated carbocycles. The summed E-state index contributed by atoms with van der Waals surface area (Å²) in [5, 5.41) is 2.79. The maximum Gasteiger partial charge on any atom is 0.240 e. The van der Waals surface area contributed by atoms with Crippen molar-refractivity contribution in [1.82, 2.24) is 19.8 Å². The van der Waals surface area contributed by atoms with Gasteiger partial charge in [0.15, 0.2) is 0 Å². The Morgan fingerprint density at radius 2 is 2.00 bits per heavy atom. The molecule has 2 aromatic heterocycles. The molecule has 1 unspecified atom stereocenters. The maximum absolute atomic E-state index is 13.3. The number of hydrogen-bond acceptors (Lipinski definition) is 6. The van der Waals surface area contributed by atoms with Gasteiger partial charge in [-0.1, -0.05) is 30.7 Å². The molecule has 1 aliphatic rings. The molecule has 6 nitrogen and oxygen atoms in total. The van der Waals surface area contributed by atoms with Crippen LogP contribution in [0.1, 0.15) is 23.8 Å². The zero-order chi connectivity index (χ0) is 22.2. The molecule has 1 fully saturated rings. The van der Waals surface area contributed by atoms with Crippen LogP contribution < -0.4 is 5.73 Å². The lowest BCUT2D eigenvalue weighted by Crippen LogP contribution is -2.55. The minimum Gasteiger partial charge on any atom is -0.383 e. The van der Waals surface area contributed by atoms with Crippen LogP contribution >= 0.6 is 22.9 Å². The van der Waals surface area contributed by atoms with Crippen molar-refractivity contribution in [2.75, 3.05) is 18.8 Å². The third kappa shape index (κ3) is 4.03. The number of rotatable bonds is 5. The van der Waals surface area contributed by atoms with Gasteiger partial charge in [-0.05, 0) is 47.7 Å². The van der Waals surface area contributed by atoms with Gasteiger partial charge in [0, 0.05) is 46.2 Å². The molecule has 2 N–H and O–H groups in total. The zero-order valence-electron chi connectivity index (χ0n) is 17.8. The van der Waals surface area contributed by atoms with E-state index in [2.05, 4.69) is 33.9 Å². The Labute approximate surface area is 195 Å². The summed E-state index contributed by atoms with van der Waals surface area (Å²) in [5.74, 6) is 0.658. The lowest BCUT2D eigenvalue weighted by Gasteiger charge is -2.40. The van der Waals surface area contributed by atoms with E-state index >= 15 is 0 Å². The van der Waals surface area contributed by atoms with Crippen molar-refractivity contribution in [3.05, 3.63) is 64.3 Å². The van der Waals surface area contributed by atoms with Crippen molar-refractivity contribution >= 4 is 55.7 Å². The van der Waals surface area contributed by atoms with E-state index in [4.69, 9.17) is 17.3 Å². The molecule has 32 heavy (non-hydrogen) atoms. The van der Waals surface area contributed by atoms with Gasteiger partial charge >= 0.3 is 0 Å². The van der Waals surface area contributed by atoms with E-state index in [9.17, 15) is 4.79 Å². The van der Waals surface area contributed by atoms with Crippen LogP contribution in [0.3, 0.4) is 0 Å². The smallest absolute Gasteiger partial charge is 0.240 e. The van der Waals surface area contributed by atoms with Crippen LogP contribution in [0.4, 0.5) is 5.82 Å². The summed E-state index contributed by atoms with van der Waals surface area (Å²) in [6, 6.07) is 14.0. The van der Waals surface area contributed by atoms with Crippen molar-refractivity contribution in [3.8, 4) is 0 Å². The predicted molar refractivity (Wildman–Crippen MR) is 131 cm³/mol. The summed E-state index contributed by atoms with van der Waals surface area (Å²) < 4.78 is 1.19. The summed E-state index contributed by atoms with van der Waals surface area (Å²) in [7, 11) is 0. The fraction of sp³-hybridized carbons (Fsp3) is 0.292. The fourth-order valence-corrected chi connectivity index (χ4v) is 5.81. The highest BCUT2D eigenvalue weighted by atomic mass is 35.5. The van der Waals surface area contributed by atoms with Crippen molar-refractivity contribution in [3.63, 3.8) is 0 Å². The van der Waals surface area contributed by atoms with Crippen molar-refractivity contribution in [1.29, 1.82) is 0 Å². The number of piperazine rings is 1. The topological polar surface area (TPSA) is 75.3 Å². The molecule has 4 aromatic rings. The first kappa shape index (κ1) is 21.1. The molecule has 2 aromatic carbocycles. The van der Waals surface area contributed by atoms with Crippen molar-refractivity contribution < 1.29 is 4.79 Å². The summed E-state index contributed by atoms with van der Waals surface area (Å²) in [5.41, 5.74) is 7.79. The van der Waals surface area contributed by atoms with Gasteiger partial charge in [-0.3, -0.25) is 9.69 Å². The molecule has 1 saturated heterocycles. The standard InChI is InChI=1S/C24H24ClN5OS/c1-2-21-24(31)30(12-15-3-6-19-20(9-15)27-14-28-23(19)26)8-7-29(21)13-18-10-16-4-5-17(25)11-22(16)32-18/h3-6,9-11,14,21H,2,7-8,12-13H2,1H3,(H2,26,27,28). The quantitative estimate of drug-likeness (QED) is 0.462. The highest BCUT2D eigenvalue weighted by Crippen LogP contribution is 2.30. The molecule has 8 heteroatoms. The number of carbonyl (C=O) groups is 1. The zero-order valence-corrected chi connectivity index (χ0v) is 19.4. The highest BCUT2D eigenvalue weighted by Gasteiger charge is 2.33. The first-order valence-electron chi connectivity index (χ1n) is 10.7. The molecule has 5 rings (SSSR count). The van der Waals surface area contributed by atoms with E-state index in [1.165, 1.54) is 21.3 Å². The average Bonchev–Trinajstić information content (AvgIpc) is 3.17. The second-order valence-electron chi connectivity index (χ2n) is 8.16. The predicted octanol–water partition coefficient (Wildman–Crippen LogP) is 4.70. The molecule has 0 radical (unpaired) electrons. The number of fused-ring (bicyclic) bond motifs is 2. The minimum absolute atomic E-state index is 0.115. The Kier molecular flexibility index (Phi) is 5.71. The normalized spacial score (nSPS) is 17.5. The number of benzene rings is 2. The van der Waals surface area contributed by atoms with E-state index in [0.29, 0.717) is 18.9 Å². The van der Waals surface area contributed by atoms with Crippen LogP contribution in [0.25, 0.3) is 21.0 Å². The van der Waals surface area contributed by atoms with Gasteiger partial charge in [0.05, 0.1) is 11.6 Å². The maximum atomic E-state index is 13.3. The number of nitrogens with zero attached hydrogens (tertiary/aromatic N) is 4. The van der Waals surface area contributed by atoms with Crippen LogP contribution in [-0.4, -0.2) is 44.8 Å². The SMILES string of the molecule is CCC1C(=O)N(Cc2ccc3c(N)ncnc3c2)CCN1Cc1cc2ccc(Cl)cc2s1. The number of anilines is 1. The lowest BCUT2D eigenvalue weighted by molar-refractivity contribution is -0.143. The Hall–Kier alpha value is -2.74. The first-order chi connectivity index (χ1) is 15.5. The number of halogens is 1.